The van der Waals surface area contributed by atoms with Crippen LogP contribution in [0.2, 0.25) is 0 Å². The quantitative estimate of drug-likeness (QED) is 0.815. The fourth-order valence-corrected chi connectivity index (χ4v) is 3.73. The van der Waals surface area contributed by atoms with Crippen LogP contribution in [-0.2, 0) is 0 Å². The van der Waals surface area contributed by atoms with Gasteiger partial charge in [-0.2, -0.15) is 0 Å². The molecule has 0 saturated carbocycles. The second kappa shape index (κ2) is 8.45. The molecule has 1 aromatic heterocycles. The maximum Gasteiger partial charge on any atom is 0.253 e. The number of hydrogen-bond acceptors (Lipinski definition) is 5. The molecule has 3 heterocycles. The molecule has 2 aliphatic rings. The van der Waals surface area contributed by atoms with Crippen molar-refractivity contribution in [2.75, 3.05) is 57.8 Å². The monoisotopic (exact) mass is 343 g/mol. The van der Waals surface area contributed by atoms with Crippen molar-refractivity contribution in [1.82, 2.24) is 20.1 Å². The SMILES string of the molecule is C=CCNC(=O)c1ccc(N2CCN(C3CCCN(C)C3)CC2)nc1. The average Bonchev–Trinajstić information content (AvgIpc) is 2.66. The lowest BCUT2D eigenvalue weighted by Crippen LogP contribution is -2.54. The average molecular weight is 343 g/mol. The van der Waals surface area contributed by atoms with Gasteiger partial charge in [-0.05, 0) is 38.6 Å². The van der Waals surface area contributed by atoms with E-state index in [-0.39, 0.29) is 5.91 Å². The number of pyridine rings is 1. The van der Waals surface area contributed by atoms with Gasteiger partial charge in [-0.15, -0.1) is 6.58 Å². The van der Waals surface area contributed by atoms with E-state index in [1.54, 1.807) is 12.3 Å². The highest BCUT2D eigenvalue weighted by Gasteiger charge is 2.27. The number of hydrogen-bond donors (Lipinski definition) is 1. The minimum absolute atomic E-state index is 0.106. The van der Waals surface area contributed by atoms with Crippen molar-refractivity contribution in [2.24, 2.45) is 0 Å². The van der Waals surface area contributed by atoms with Gasteiger partial charge in [0.2, 0.25) is 0 Å². The van der Waals surface area contributed by atoms with E-state index in [9.17, 15) is 4.79 Å². The predicted molar refractivity (Wildman–Crippen MR) is 101 cm³/mol. The number of carbonyl (C=O) groups is 1. The molecule has 1 aromatic rings. The Kier molecular flexibility index (Phi) is 6.04. The van der Waals surface area contributed by atoms with Gasteiger partial charge in [0.15, 0.2) is 0 Å². The number of carbonyl (C=O) groups excluding carboxylic acids is 1. The van der Waals surface area contributed by atoms with Gasteiger partial charge in [0.1, 0.15) is 5.82 Å². The largest absolute Gasteiger partial charge is 0.354 e. The summed E-state index contributed by atoms with van der Waals surface area (Å²) in [5.74, 6) is 0.853. The summed E-state index contributed by atoms with van der Waals surface area (Å²) in [7, 11) is 2.22. The summed E-state index contributed by atoms with van der Waals surface area (Å²) in [5, 5.41) is 2.77. The number of piperidine rings is 1. The molecule has 0 radical (unpaired) electrons. The minimum Gasteiger partial charge on any atom is -0.354 e. The fraction of sp³-hybridized carbons (Fsp3) is 0.579. The standard InChI is InChI=1S/C19H29N5O/c1-3-8-20-19(25)16-6-7-18(21-14-16)24-12-10-23(11-13-24)17-5-4-9-22(2)15-17/h3,6-7,14,17H,1,4-5,8-13,15H2,2H3,(H,20,25). The first kappa shape index (κ1) is 17.9. The normalized spacial score (nSPS) is 22.6. The summed E-state index contributed by atoms with van der Waals surface area (Å²) < 4.78 is 0. The molecule has 0 spiro atoms. The smallest absolute Gasteiger partial charge is 0.253 e. The Balaban J connectivity index is 1.52. The van der Waals surface area contributed by atoms with Gasteiger partial charge in [-0.3, -0.25) is 9.69 Å². The van der Waals surface area contributed by atoms with Crippen LogP contribution in [0.15, 0.2) is 31.0 Å². The first-order valence-corrected chi connectivity index (χ1v) is 9.20. The van der Waals surface area contributed by atoms with Crippen molar-refractivity contribution in [2.45, 2.75) is 18.9 Å². The number of nitrogens with zero attached hydrogens (tertiary/aromatic N) is 4. The Bertz CT molecular complexity index is 580. The molecule has 0 bridgehead atoms. The Hall–Kier alpha value is -1.92. The lowest BCUT2D eigenvalue weighted by Gasteiger charge is -2.43. The number of nitrogens with one attached hydrogen (secondary N) is 1. The van der Waals surface area contributed by atoms with Gasteiger partial charge < -0.3 is 15.1 Å². The van der Waals surface area contributed by atoms with E-state index in [2.05, 4.69) is 38.6 Å². The van der Waals surface area contributed by atoms with Crippen LogP contribution < -0.4 is 10.2 Å². The van der Waals surface area contributed by atoms with Crippen molar-refractivity contribution < 1.29 is 4.79 Å². The zero-order valence-electron chi connectivity index (χ0n) is 15.2. The lowest BCUT2D eigenvalue weighted by atomic mass is 10.0. The van der Waals surface area contributed by atoms with Gasteiger partial charge in [-0.1, -0.05) is 6.08 Å². The number of amides is 1. The van der Waals surface area contributed by atoms with Crippen LogP contribution in [0, 0.1) is 0 Å². The third-order valence-electron chi connectivity index (χ3n) is 5.17. The number of likely N-dealkylation sites (N-methyl/N-ethyl adjacent to an activating group) is 1. The zero-order chi connectivity index (χ0) is 17.6. The molecular weight excluding hydrogens is 314 g/mol. The highest BCUT2D eigenvalue weighted by molar-refractivity contribution is 5.94. The maximum atomic E-state index is 11.9. The van der Waals surface area contributed by atoms with Crippen LogP contribution in [-0.4, -0.2) is 79.6 Å². The second-order valence-electron chi connectivity index (χ2n) is 6.99. The third kappa shape index (κ3) is 4.58. The molecule has 3 rings (SSSR count). The molecule has 0 aliphatic carbocycles. The van der Waals surface area contributed by atoms with Crippen molar-refractivity contribution in [3.8, 4) is 0 Å². The van der Waals surface area contributed by atoms with Crippen LogP contribution in [0.1, 0.15) is 23.2 Å². The molecule has 1 atom stereocenters. The number of likely N-dealkylation sites (tertiary alicyclic amines) is 1. The van der Waals surface area contributed by atoms with Crippen LogP contribution in [0.5, 0.6) is 0 Å². The highest BCUT2D eigenvalue weighted by Crippen LogP contribution is 2.19. The zero-order valence-corrected chi connectivity index (χ0v) is 15.2. The van der Waals surface area contributed by atoms with Crippen molar-refractivity contribution in [3.63, 3.8) is 0 Å². The highest BCUT2D eigenvalue weighted by atomic mass is 16.1. The molecule has 1 amide bonds. The molecule has 25 heavy (non-hydrogen) atoms. The molecule has 136 valence electrons. The molecule has 0 aromatic carbocycles. The van der Waals surface area contributed by atoms with Gasteiger partial charge >= 0.3 is 0 Å². The second-order valence-corrected chi connectivity index (χ2v) is 6.99. The van der Waals surface area contributed by atoms with E-state index in [1.165, 1.54) is 25.9 Å². The number of anilines is 1. The van der Waals surface area contributed by atoms with Gasteiger partial charge in [-0.25, -0.2) is 4.98 Å². The van der Waals surface area contributed by atoms with E-state index in [1.807, 2.05) is 12.1 Å². The molecule has 6 heteroatoms. The minimum atomic E-state index is -0.106. The Labute approximate surface area is 150 Å². The Morgan fingerprint density at radius 2 is 2.12 bits per heavy atom. The molecule has 2 saturated heterocycles. The fourth-order valence-electron chi connectivity index (χ4n) is 3.73. The van der Waals surface area contributed by atoms with E-state index < -0.39 is 0 Å². The van der Waals surface area contributed by atoms with E-state index >= 15 is 0 Å². The van der Waals surface area contributed by atoms with Crippen LogP contribution in [0.4, 0.5) is 5.82 Å². The molecule has 6 nitrogen and oxygen atoms in total. The summed E-state index contributed by atoms with van der Waals surface area (Å²) in [4.78, 5) is 23.8. The Morgan fingerprint density at radius 1 is 1.32 bits per heavy atom. The molecular formula is C19H29N5O. The van der Waals surface area contributed by atoms with E-state index in [0.29, 0.717) is 18.2 Å². The van der Waals surface area contributed by atoms with Crippen molar-refractivity contribution in [3.05, 3.63) is 36.5 Å². The summed E-state index contributed by atoms with van der Waals surface area (Å²) in [5.41, 5.74) is 0.592. The topological polar surface area (TPSA) is 51.7 Å². The van der Waals surface area contributed by atoms with Crippen LogP contribution in [0.3, 0.4) is 0 Å². The first-order chi connectivity index (χ1) is 12.2. The van der Waals surface area contributed by atoms with Crippen molar-refractivity contribution >= 4 is 11.7 Å². The summed E-state index contributed by atoms with van der Waals surface area (Å²) in [6, 6.07) is 4.50. The number of piperazine rings is 1. The van der Waals surface area contributed by atoms with E-state index in [0.717, 1.165) is 32.0 Å². The summed E-state index contributed by atoms with van der Waals surface area (Å²) >= 11 is 0. The Morgan fingerprint density at radius 3 is 2.76 bits per heavy atom. The molecule has 1 unspecified atom stereocenters. The summed E-state index contributed by atoms with van der Waals surface area (Å²) in [6.45, 7) is 10.7. The van der Waals surface area contributed by atoms with Gasteiger partial charge in [0, 0.05) is 51.5 Å². The lowest BCUT2D eigenvalue weighted by molar-refractivity contribution is 0.0957. The van der Waals surface area contributed by atoms with Gasteiger partial charge in [0.05, 0.1) is 5.56 Å². The van der Waals surface area contributed by atoms with Gasteiger partial charge in [0.25, 0.3) is 5.91 Å². The number of aromatic nitrogens is 1. The van der Waals surface area contributed by atoms with Crippen LogP contribution in [0.25, 0.3) is 0 Å². The molecule has 1 N–H and O–H groups in total. The van der Waals surface area contributed by atoms with Crippen molar-refractivity contribution in [1.29, 1.82) is 0 Å². The third-order valence-corrected chi connectivity index (χ3v) is 5.17. The maximum absolute atomic E-state index is 11.9. The molecule has 2 fully saturated rings. The molecule has 2 aliphatic heterocycles. The predicted octanol–water partition coefficient (Wildman–Crippen LogP) is 1.21. The summed E-state index contributed by atoms with van der Waals surface area (Å²) in [6.07, 6.45) is 5.95. The van der Waals surface area contributed by atoms with E-state index in [4.69, 9.17) is 0 Å². The van der Waals surface area contributed by atoms with Crippen LogP contribution >= 0.6 is 0 Å². The first-order valence-electron chi connectivity index (χ1n) is 9.20. The number of rotatable bonds is 5.